The fourth-order valence-corrected chi connectivity index (χ4v) is 4.30. The molecule has 5 nitrogen and oxygen atoms in total. The molecule has 5 heteroatoms. The summed E-state index contributed by atoms with van der Waals surface area (Å²) < 4.78 is 0. The number of hydrogen-bond donors (Lipinski definition) is 2. The lowest BCUT2D eigenvalue weighted by molar-refractivity contribution is -0.140. The van der Waals surface area contributed by atoms with E-state index in [1.165, 1.54) is 6.42 Å². The van der Waals surface area contributed by atoms with E-state index in [1.54, 1.807) is 0 Å². The van der Waals surface area contributed by atoms with Crippen molar-refractivity contribution in [2.45, 2.75) is 51.0 Å². The van der Waals surface area contributed by atoms with E-state index in [0.29, 0.717) is 36.8 Å². The third kappa shape index (κ3) is 3.23. The number of carbonyl (C=O) groups is 2. The Bertz CT molecular complexity index is 412. The van der Waals surface area contributed by atoms with E-state index in [0.717, 1.165) is 45.2 Å². The van der Waals surface area contributed by atoms with Gasteiger partial charge in [0.1, 0.15) is 0 Å². The van der Waals surface area contributed by atoms with Crippen LogP contribution in [0.3, 0.4) is 0 Å². The van der Waals surface area contributed by atoms with Crippen molar-refractivity contribution in [3.63, 3.8) is 0 Å². The number of fused-ring (bicyclic) bond motifs is 1. The Morgan fingerprint density at radius 1 is 1.29 bits per heavy atom. The molecule has 21 heavy (non-hydrogen) atoms. The molecule has 1 aliphatic carbocycles. The Morgan fingerprint density at radius 2 is 2.14 bits per heavy atom. The van der Waals surface area contributed by atoms with Gasteiger partial charge in [-0.25, -0.2) is 0 Å². The van der Waals surface area contributed by atoms with Gasteiger partial charge in [0, 0.05) is 31.5 Å². The monoisotopic (exact) mass is 293 g/mol. The molecule has 2 heterocycles. The van der Waals surface area contributed by atoms with E-state index in [-0.39, 0.29) is 11.8 Å². The predicted octanol–water partition coefficient (Wildman–Crippen LogP) is 0.879. The zero-order valence-corrected chi connectivity index (χ0v) is 12.7. The Balaban J connectivity index is 1.57. The van der Waals surface area contributed by atoms with Crippen LogP contribution in [0.5, 0.6) is 0 Å². The third-order valence-corrected chi connectivity index (χ3v) is 5.60. The molecule has 1 saturated carbocycles. The maximum absolute atomic E-state index is 12.8. The highest BCUT2D eigenvalue weighted by Gasteiger charge is 2.37. The van der Waals surface area contributed by atoms with Crippen LogP contribution >= 0.6 is 0 Å². The number of piperidine rings is 2. The molecule has 4 atom stereocenters. The minimum Gasteiger partial charge on any atom is -0.353 e. The van der Waals surface area contributed by atoms with Crippen molar-refractivity contribution in [3.8, 4) is 0 Å². The zero-order chi connectivity index (χ0) is 14.8. The standard InChI is InChI=1S/C16H27N3O2/c17-9-11-2-1-3-12(8-11)16(21)19-7-6-14-13(10-19)4-5-15(20)18-14/h11-14H,1-10,17H2,(H,18,20). The lowest BCUT2D eigenvalue weighted by Crippen LogP contribution is -2.56. The molecule has 3 rings (SSSR count). The molecule has 0 aromatic heterocycles. The summed E-state index contributed by atoms with van der Waals surface area (Å²) in [5.41, 5.74) is 5.78. The van der Waals surface area contributed by atoms with Gasteiger partial charge >= 0.3 is 0 Å². The first-order valence-electron chi connectivity index (χ1n) is 8.45. The first-order chi connectivity index (χ1) is 10.2. The molecule has 0 radical (unpaired) electrons. The van der Waals surface area contributed by atoms with E-state index in [2.05, 4.69) is 10.2 Å². The van der Waals surface area contributed by atoms with E-state index >= 15 is 0 Å². The summed E-state index contributed by atoms with van der Waals surface area (Å²) in [7, 11) is 0. The van der Waals surface area contributed by atoms with Gasteiger partial charge in [0.25, 0.3) is 0 Å². The first kappa shape index (κ1) is 14.8. The molecule has 0 aromatic rings. The van der Waals surface area contributed by atoms with Crippen LogP contribution in [0.15, 0.2) is 0 Å². The molecule has 2 amide bonds. The molecule has 4 unspecified atom stereocenters. The SMILES string of the molecule is NCC1CCCC(C(=O)N2CCC3NC(=O)CCC3C2)C1. The van der Waals surface area contributed by atoms with E-state index in [1.807, 2.05) is 0 Å². The van der Waals surface area contributed by atoms with Gasteiger partial charge in [0.05, 0.1) is 0 Å². The molecule has 2 aliphatic heterocycles. The molecule has 0 aromatic carbocycles. The normalized spacial score (nSPS) is 36.8. The van der Waals surface area contributed by atoms with Gasteiger partial charge in [-0.2, -0.15) is 0 Å². The van der Waals surface area contributed by atoms with Crippen LogP contribution < -0.4 is 11.1 Å². The maximum Gasteiger partial charge on any atom is 0.225 e. The largest absolute Gasteiger partial charge is 0.353 e. The van der Waals surface area contributed by atoms with Crippen LogP contribution in [-0.4, -0.2) is 42.4 Å². The summed E-state index contributed by atoms with van der Waals surface area (Å²) in [5, 5.41) is 3.08. The van der Waals surface area contributed by atoms with Crippen LogP contribution in [0.25, 0.3) is 0 Å². The maximum atomic E-state index is 12.8. The van der Waals surface area contributed by atoms with Crippen molar-refractivity contribution in [1.82, 2.24) is 10.2 Å². The number of hydrogen-bond acceptors (Lipinski definition) is 3. The van der Waals surface area contributed by atoms with Crippen LogP contribution in [-0.2, 0) is 9.59 Å². The fraction of sp³-hybridized carbons (Fsp3) is 0.875. The van der Waals surface area contributed by atoms with Crippen LogP contribution in [0.2, 0.25) is 0 Å². The summed E-state index contributed by atoms with van der Waals surface area (Å²) >= 11 is 0. The summed E-state index contributed by atoms with van der Waals surface area (Å²) in [5.74, 6) is 1.67. The van der Waals surface area contributed by atoms with Crippen molar-refractivity contribution < 1.29 is 9.59 Å². The molecule has 0 bridgehead atoms. The molecule has 3 aliphatic rings. The van der Waals surface area contributed by atoms with Crippen LogP contribution in [0.4, 0.5) is 0 Å². The van der Waals surface area contributed by atoms with Gasteiger partial charge in [-0.05, 0) is 50.5 Å². The summed E-state index contributed by atoms with van der Waals surface area (Å²) in [6.07, 6.45) is 6.76. The summed E-state index contributed by atoms with van der Waals surface area (Å²) in [4.78, 5) is 26.3. The molecule has 0 spiro atoms. The minimum atomic E-state index is 0.175. The molecule has 3 N–H and O–H groups in total. The second-order valence-electron chi connectivity index (χ2n) is 7.01. The number of carbonyl (C=O) groups excluding carboxylic acids is 2. The first-order valence-corrected chi connectivity index (χ1v) is 8.45. The molecular weight excluding hydrogens is 266 g/mol. The quantitative estimate of drug-likeness (QED) is 0.793. The van der Waals surface area contributed by atoms with Crippen molar-refractivity contribution >= 4 is 11.8 Å². The van der Waals surface area contributed by atoms with Crippen LogP contribution in [0.1, 0.15) is 44.9 Å². The van der Waals surface area contributed by atoms with Crippen molar-refractivity contribution in [3.05, 3.63) is 0 Å². The van der Waals surface area contributed by atoms with Gasteiger partial charge in [-0.1, -0.05) is 6.42 Å². The van der Waals surface area contributed by atoms with Crippen LogP contribution in [0, 0.1) is 17.8 Å². The topological polar surface area (TPSA) is 75.4 Å². The van der Waals surface area contributed by atoms with Gasteiger partial charge in [-0.3, -0.25) is 9.59 Å². The average molecular weight is 293 g/mol. The predicted molar refractivity (Wildman–Crippen MR) is 80.4 cm³/mol. The van der Waals surface area contributed by atoms with Crippen molar-refractivity contribution in [2.24, 2.45) is 23.5 Å². The number of likely N-dealkylation sites (tertiary alicyclic amines) is 1. The smallest absolute Gasteiger partial charge is 0.225 e. The number of nitrogens with one attached hydrogen (secondary N) is 1. The highest BCUT2D eigenvalue weighted by atomic mass is 16.2. The second kappa shape index (κ2) is 6.34. The average Bonchev–Trinajstić information content (AvgIpc) is 2.53. The van der Waals surface area contributed by atoms with E-state index in [4.69, 9.17) is 5.73 Å². The lowest BCUT2D eigenvalue weighted by atomic mass is 9.79. The second-order valence-corrected chi connectivity index (χ2v) is 7.01. The number of rotatable bonds is 2. The highest BCUT2D eigenvalue weighted by Crippen LogP contribution is 2.32. The van der Waals surface area contributed by atoms with Crippen molar-refractivity contribution in [2.75, 3.05) is 19.6 Å². The van der Waals surface area contributed by atoms with Gasteiger partial charge in [-0.15, -0.1) is 0 Å². The molecular formula is C16H27N3O2. The number of nitrogens with two attached hydrogens (primary N) is 1. The van der Waals surface area contributed by atoms with Gasteiger partial charge in [0.2, 0.25) is 11.8 Å². The Labute approximate surface area is 126 Å². The molecule has 3 fully saturated rings. The summed E-state index contributed by atoms with van der Waals surface area (Å²) in [6.45, 7) is 2.33. The third-order valence-electron chi connectivity index (χ3n) is 5.60. The Hall–Kier alpha value is -1.10. The Kier molecular flexibility index (Phi) is 4.48. The summed E-state index contributed by atoms with van der Waals surface area (Å²) in [6, 6.07) is 0.290. The molecule has 118 valence electrons. The van der Waals surface area contributed by atoms with E-state index < -0.39 is 0 Å². The highest BCUT2D eigenvalue weighted by molar-refractivity contribution is 5.80. The molecule has 2 saturated heterocycles. The van der Waals surface area contributed by atoms with Crippen molar-refractivity contribution in [1.29, 1.82) is 0 Å². The van der Waals surface area contributed by atoms with E-state index in [9.17, 15) is 9.59 Å². The fourth-order valence-electron chi connectivity index (χ4n) is 4.30. The van der Waals surface area contributed by atoms with Gasteiger partial charge < -0.3 is 16.0 Å². The minimum absolute atomic E-state index is 0.175. The Morgan fingerprint density at radius 3 is 2.95 bits per heavy atom. The number of amides is 2. The zero-order valence-electron chi connectivity index (χ0n) is 12.7. The van der Waals surface area contributed by atoms with Gasteiger partial charge in [0.15, 0.2) is 0 Å². The number of nitrogens with zero attached hydrogens (tertiary/aromatic N) is 1. The lowest BCUT2D eigenvalue weighted by Gasteiger charge is -2.43.